The van der Waals surface area contributed by atoms with Crippen molar-refractivity contribution >= 4 is 52.0 Å². The van der Waals surface area contributed by atoms with Crippen LogP contribution >= 0.6 is 22.9 Å². The van der Waals surface area contributed by atoms with Gasteiger partial charge in [-0.25, -0.2) is 4.90 Å². The fourth-order valence-corrected chi connectivity index (χ4v) is 6.10. The molecule has 2 aromatic carbocycles. The minimum atomic E-state index is -0.640. The second kappa shape index (κ2) is 11.9. The monoisotopic (exact) mass is 580 g/mol. The number of anilines is 2. The molecule has 0 saturated heterocycles. The highest BCUT2D eigenvalue weighted by atomic mass is 35.5. The van der Waals surface area contributed by atoms with Gasteiger partial charge in [0.2, 0.25) is 6.29 Å². The number of ether oxygens (including phenoxy) is 2. The molecule has 3 aromatic rings. The SMILES string of the molecule is CCOC1OC(C(=O)Nc2ccc(N3C(=O)c4ccc(Cl)cc4C3=O)c(C)c2)=CC(c2ccsc2)C1CCCO. The van der Waals surface area contributed by atoms with Crippen molar-refractivity contribution in [1.82, 2.24) is 0 Å². The van der Waals surface area contributed by atoms with Gasteiger partial charge in [-0.3, -0.25) is 14.4 Å². The quantitative estimate of drug-likeness (QED) is 0.305. The van der Waals surface area contributed by atoms with E-state index < -0.39 is 24.0 Å². The van der Waals surface area contributed by atoms with Crippen LogP contribution < -0.4 is 10.2 Å². The molecule has 10 heteroatoms. The summed E-state index contributed by atoms with van der Waals surface area (Å²) in [6, 6.07) is 11.6. The number of amides is 3. The fraction of sp³-hybridized carbons (Fsp3) is 0.300. The first-order chi connectivity index (χ1) is 19.3. The molecule has 5 rings (SSSR count). The molecular weight excluding hydrogens is 552 g/mol. The van der Waals surface area contributed by atoms with E-state index in [0.717, 1.165) is 10.5 Å². The average Bonchev–Trinajstić information content (AvgIpc) is 3.55. The van der Waals surface area contributed by atoms with Crippen molar-refractivity contribution in [3.05, 3.63) is 92.3 Å². The molecule has 1 aromatic heterocycles. The van der Waals surface area contributed by atoms with E-state index >= 15 is 0 Å². The number of allylic oxidation sites excluding steroid dienone is 1. The molecule has 2 aliphatic rings. The van der Waals surface area contributed by atoms with Crippen molar-refractivity contribution in [2.24, 2.45) is 5.92 Å². The molecule has 0 spiro atoms. The van der Waals surface area contributed by atoms with Gasteiger partial charge in [0.05, 0.1) is 16.8 Å². The Morgan fingerprint density at radius 3 is 2.65 bits per heavy atom. The fourth-order valence-electron chi connectivity index (χ4n) is 5.22. The summed E-state index contributed by atoms with van der Waals surface area (Å²) >= 11 is 7.61. The zero-order valence-electron chi connectivity index (χ0n) is 22.1. The smallest absolute Gasteiger partial charge is 0.290 e. The molecule has 208 valence electrons. The minimum absolute atomic E-state index is 0.0608. The van der Waals surface area contributed by atoms with Gasteiger partial charge in [-0.15, -0.1) is 0 Å². The number of benzene rings is 2. The molecule has 0 saturated carbocycles. The number of imide groups is 1. The van der Waals surface area contributed by atoms with Gasteiger partial charge >= 0.3 is 0 Å². The maximum absolute atomic E-state index is 13.4. The summed E-state index contributed by atoms with van der Waals surface area (Å²) in [5.41, 5.74) is 3.16. The minimum Gasteiger partial charge on any atom is -0.459 e. The molecule has 3 amide bonds. The Labute approximate surface area is 241 Å². The van der Waals surface area contributed by atoms with E-state index in [2.05, 4.69) is 5.32 Å². The molecular formula is C30H29ClN2O6S. The van der Waals surface area contributed by atoms with Crippen LogP contribution in [0.15, 0.2) is 65.1 Å². The number of rotatable bonds is 9. The summed E-state index contributed by atoms with van der Waals surface area (Å²) < 4.78 is 11.9. The zero-order valence-corrected chi connectivity index (χ0v) is 23.6. The largest absolute Gasteiger partial charge is 0.459 e. The van der Waals surface area contributed by atoms with E-state index in [0.29, 0.717) is 47.0 Å². The van der Waals surface area contributed by atoms with Crippen LogP contribution in [0.5, 0.6) is 0 Å². The number of thiophene rings is 1. The Kier molecular flexibility index (Phi) is 8.37. The Bertz CT molecular complexity index is 1470. The third-order valence-electron chi connectivity index (χ3n) is 7.11. The predicted octanol–water partition coefficient (Wildman–Crippen LogP) is 5.90. The third kappa shape index (κ3) is 5.42. The van der Waals surface area contributed by atoms with Crippen molar-refractivity contribution in [2.45, 2.75) is 38.9 Å². The van der Waals surface area contributed by atoms with Crippen molar-refractivity contribution < 1.29 is 29.0 Å². The van der Waals surface area contributed by atoms with Gasteiger partial charge in [0.1, 0.15) is 0 Å². The molecule has 0 fully saturated rings. The second-order valence-corrected chi connectivity index (χ2v) is 10.9. The van der Waals surface area contributed by atoms with E-state index in [1.807, 2.05) is 29.8 Å². The van der Waals surface area contributed by atoms with Crippen LogP contribution in [0.25, 0.3) is 0 Å². The molecule has 2 aliphatic heterocycles. The number of fused-ring (bicyclic) bond motifs is 1. The van der Waals surface area contributed by atoms with Gasteiger partial charge in [-0.2, -0.15) is 11.3 Å². The summed E-state index contributed by atoms with van der Waals surface area (Å²) in [5.74, 6) is -1.33. The van der Waals surface area contributed by atoms with Crippen LogP contribution in [0.2, 0.25) is 5.02 Å². The number of hydrogen-bond acceptors (Lipinski definition) is 7. The lowest BCUT2D eigenvalue weighted by Crippen LogP contribution is -2.37. The van der Waals surface area contributed by atoms with E-state index in [1.165, 1.54) is 6.07 Å². The van der Waals surface area contributed by atoms with Crippen LogP contribution in [-0.2, 0) is 14.3 Å². The molecule has 0 aliphatic carbocycles. The van der Waals surface area contributed by atoms with Crippen molar-refractivity contribution in [1.29, 1.82) is 0 Å². The zero-order chi connectivity index (χ0) is 28.4. The first-order valence-corrected chi connectivity index (χ1v) is 14.4. The van der Waals surface area contributed by atoms with Crippen molar-refractivity contribution in [2.75, 3.05) is 23.4 Å². The maximum atomic E-state index is 13.4. The van der Waals surface area contributed by atoms with Crippen molar-refractivity contribution in [3.63, 3.8) is 0 Å². The van der Waals surface area contributed by atoms with Crippen LogP contribution in [0.3, 0.4) is 0 Å². The van der Waals surface area contributed by atoms with E-state index in [1.54, 1.807) is 48.6 Å². The number of nitrogens with one attached hydrogen (secondary N) is 1. The molecule has 2 N–H and O–H groups in total. The van der Waals surface area contributed by atoms with Gasteiger partial charge in [-0.05, 0) is 97.1 Å². The molecule has 0 radical (unpaired) electrons. The number of aliphatic hydroxyl groups is 1. The maximum Gasteiger partial charge on any atom is 0.290 e. The van der Waals surface area contributed by atoms with E-state index in [4.69, 9.17) is 21.1 Å². The number of aliphatic hydroxyl groups excluding tert-OH is 1. The summed E-state index contributed by atoms with van der Waals surface area (Å²) in [6.45, 7) is 4.11. The molecule has 3 unspecified atom stereocenters. The molecule has 8 nitrogen and oxygen atoms in total. The summed E-state index contributed by atoms with van der Waals surface area (Å²) in [5, 5.41) is 16.7. The normalized spacial score (nSPS) is 20.2. The standard InChI is InChI=1S/C30H29ClN2O6S/c1-3-38-30-22(5-4-11-34)23(18-10-12-40-16-18)15-26(39-30)27(35)32-20-7-9-25(17(2)13-20)33-28(36)21-8-6-19(31)14-24(21)29(33)37/h6-10,12-16,22-23,30,34H,3-5,11H2,1-2H3,(H,32,35). The average molecular weight is 581 g/mol. The predicted molar refractivity (Wildman–Crippen MR) is 154 cm³/mol. The highest BCUT2D eigenvalue weighted by molar-refractivity contribution is 7.08. The van der Waals surface area contributed by atoms with Crippen molar-refractivity contribution in [3.8, 4) is 0 Å². The second-order valence-electron chi connectivity index (χ2n) is 9.68. The van der Waals surface area contributed by atoms with Crippen LogP contribution in [-0.4, -0.2) is 42.3 Å². The lowest BCUT2D eigenvalue weighted by atomic mass is 9.81. The van der Waals surface area contributed by atoms with Gasteiger partial charge in [0, 0.05) is 35.8 Å². The van der Waals surface area contributed by atoms with Crippen LogP contribution in [0.4, 0.5) is 11.4 Å². The molecule has 40 heavy (non-hydrogen) atoms. The number of hydrogen-bond donors (Lipinski definition) is 2. The van der Waals surface area contributed by atoms with E-state index in [-0.39, 0.29) is 29.8 Å². The summed E-state index contributed by atoms with van der Waals surface area (Å²) in [6.07, 6.45) is 2.45. The topological polar surface area (TPSA) is 105 Å². The highest BCUT2D eigenvalue weighted by Gasteiger charge is 2.39. The molecule has 3 heterocycles. The summed E-state index contributed by atoms with van der Waals surface area (Å²) in [4.78, 5) is 40.5. The highest BCUT2D eigenvalue weighted by Crippen LogP contribution is 2.40. The summed E-state index contributed by atoms with van der Waals surface area (Å²) in [7, 11) is 0. The first kappa shape index (κ1) is 28.0. The van der Waals surface area contributed by atoms with Gasteiger partial charge in [0.25, 0.3) is 17.7 Å². The first-order valence-electron chi connectivity index (χ1n) is 13.1. The Balaban J connectivity index is 1.38. The Morgan fingerprint density at radius 2 is 1.95 bits per heavy atom. The number of nitrogens with zero attached hydrogens (tertiary/aromatic N) is 1. The van der Waals surface area contributed by atoms with Gasteiger partial charge in [-0.1, -0.05) is 11.6 Å². The Hall–Kier alpha value is -3.50. The van der Waals surface area contributed by atoms with Gasteiger partial charge in [0.15, 0.2) is 5.76 Å². The Morgan fingerprint density at radius 1 is 1.15 bits per heavy atom. The van der Waals surface area contributed by atoms with Gasteiger partial charge < -0.3 is 19.9 Å². The number of halogens is 1. The number of carbonyl (C=O) groups excluding carboxylic acids is 3. The molecule has 0 bridgehead atoms. The molecule has 3 atom stereocenters. The van der Waals surface area contributed by atoms with E-state index in [9.17, 15) is 19.5 Å². The van der Waals surface area contributed by atoms with Crippen LogP contribution in [0.1, 0.15) is 57.5 Å². The third-order valence-corrected chi connectivity index (χ3v) is 8.04. The van der Waals surface area contributed by atoms with Crippen LogP contribution in [0, 0.1) is 12.8 Å². The number of aryl methyl sites for hydroxylation is 1. The lowest BCUT2D eigenvalue weighted by Gasteiger charge is -2.36. The number of carbonyl (C=O) groups is 3. The lowest BCUT2D eigenvalue weighted by molar-refractivity contribution is -0.164.